The molecular weight excluding hydrogens is 614 g/mol. The van der Waals surface area contributed by atoms with E-state index in [1.54, 1.807) is 12.0 Å². The second-order valence-electron chi connectivity index (χ2n) is 17.7. The number of likely N-dealkylation sites (N-methyl/N-ethyl adjacent to an activating group) is 1. The lowest BCUT2D eigenvalue weighted by molar-refractivity contribution is -0.183. The number of benzene rings is 1. The van der Waals surface area contributed by atoms with Gasteiger partial charge in [0.15, 0.2) is 0 Å². The van der Waals surface area contributed by atoms with E-state index in [1.807, 2.05) is 0 Å². The van der Waals surface area contributed by atoms with Crippen LogP contribution >= 0.6 is 0 Å². The van der Waals surface area contributed by atoms with E-state index in [0.717, 1.165) is 38.0 Å². The molecule has 1 spiro atoms. The average Bonchev–Trinajstić information content (AvgIpc) is 3.24. The minimum absolute atomic E-state index is 0.0882. The van der Waals surface area contributed by atoms with Gasteiger partial charge >= 0.3 is 0 Å². The van der Waals surface area contributed by atoms with Crippen LogP contribution in [0.3, 0.4) is 0 Å². The monoisotopic (exact) mass is 677 g/mol. The van der Waals surface area contributed by atoms with Crippen molar-refractivity contribution in [1.29, 1.82) is 0 Å². The molecule has 1 aliphatic heterocycles. The third kappa shape index (κ3) is 6.88. The van der Waals surface area contributed by atoms with Crippen molar-refractivity contribution >= 4 is 5.91 Å². The standard InChI is InChI=1S/C40H63N5O4/c1-26(2)16-32(22-42(7)8)44(23-31-14-11-15-43(31)9)20-28-12-10-13-29(17-28)21-45-36(40(25-39(40,6)48)35(24-46)49-45)37(47)41-34-19-30-18-33(27(34)3)38(30,4)5/h10-15,17,26-27,30,32-36,46,48H,16,18-25H2,1-9H3,(H,41,47)/t27-,30+,32-,33-,34-,35-,36+,39?,40+/m0/s1. The van der Waals surface area contributed by atoms with Gasteiger partial charge in [0.05, 0.1) is 24.2 Å². The van der Waals surface area contributed by atoms with Gasteiger partial charge < -0.3 is 25.0 Å². The van der Waals surface area contributed by atoms with Crippen molar-refractivity contribution in [1.82, 2.24) is 24.7 Å². The average molecular weight is 678 g/mol. The molecule has 0 radical (unpaired) electrons. The number of aliphatic hydroxyl groups is 2. The maximum Gasteiger partial charge on any atom is 0.240 e. The molecular formula is C40H63N5O4. The lowest BCUT2D eigenvalue weighted by Crippen LogP contribution is -2.62. The van der Waals surface area contributed by atoms with Gasteiger partial charge in [-0.2, -0.15) is 5.06 Å². The van der Waals surface area contributed by atoms with Crippen LogP contribution < -0.4 is 5.32 Å². The Morgan fingerprint density at radius 3 is 2.39 bits per heavy atom. The van der Waals surface area contributed by atoms with Crippen LogP contribution in [-0.2, 0) is 36.3 Å². The fourth-order valence-corrected chi connectivity index (χ4v) is 10.1. The number of rotatable bonds is 14. The number of hydrogen-bond acceptors (Lipinski definition) is 7. The van der Waals surface area contributed by atoms with Crippen LogP contribution in [0.25, 0.3) is 0 Å². The molecule has 272 valence electrons. The Morgan fingerprint density at radius 2 is 1.82 bits per heavy atom. The topological polar surface area (TPSA) is 93.4 Å². The number of hydrogen-bond donors (Lipinski definition) is 3. The van der Waals surface area contributed by atoms with Gasteiger partial charge in [-0.25, -0.2) is 0 Å². The molecule has 9 nitrogen and oxygen atoms in total. The summed E-state index contributed by atoms with van der Waals surface area (Å²) >= 11 is 0. The Bertz CT molecular complexity index is 1460. The Labute approximate surface area is 294 Å². The fraction of sp³-hybridized carbons (Fsp3) is 0.725. The molecule has 1 aromatic carbocycles. The van der Waals surface area contributed by atoms with Gasteiger partial charge in [0.25, 0.3) is 0 Å². The summed E-state index contributed by atoms with van der Waals surface area (Å²) in [6.07, 6.45) is 5.24. The second-order valence-corrected chi connectivity index (χ2v) is 17.7. The Hall–Kier alpha value is -2.27. The number of amides is 1. The zero-order valence-electron chi connectivity index (χ0n) is 31.5. The highest BCUT2D eigenvalue weighted by atomic mass is 16.7. The summed E-state index contributed by atoms with van der Waals surface area (Å²) in [6.45, 7) is 16.2. The first-order valence-corrected chi connectivity index (χ1v) is 18.7. The molecule has 1 aromatic heterocycles. The zero-order valence-corrected chi connectivity index (χ0v) is 31.5. The van der Waals surface area contributed by atoms with Crippen molar-refractivity contribution in [2.24, 2.45) is 41.5 Å². The fourth-order valence-electron chi connectivity index (χ4n) is 10.1. The first-order valence-electron chi connectivity index (χ1n) is 18.7. The number of aliphatic hydroxyl groups excluding tert-OH is 1. The van der Waals surface area contributed by atoms with E-state index in [-0.39, 0.29) is 18.6 Å². The third-order valence-electron chi connectivity index (χ3n) is 13.2. The summed E-state index contributed by atoms with van der Waals surface area (Å²) < 4.78 is 2.21. The molecule has 1 unspecified atom stereocenters. The molecule has 4 saturated carbocycles. The van der Waals surface area contributed by atoms with Gasteiger partial charge in [0.2, 0.25) is 5.91 Å². The molecule has 2 bridgehead atoms. The number of carbonyl (C=O) groups excluding carboxylic acids is 1. The van der Waals surface area contributed by atoms with Gasteiger partial charge in [-0.05, 0) is 99.0 Å². The molecule has 2 aromatic rings. The van der Waals surface area contributed by atoms with Crippen LogP contribution in [0.2, 0.25) is 0 Å². The summed E-state index contributed by atoms with van der Waals surface area (Å²) in [5.41, 5.74) is 1.94. The van der Waals surface area contributed by atoms with E-state index >= 15 is 0 Å². The van der Waals surface area contributed by atoms with Crippen LogP contribution in [0, 0.1) is 34.5 Å². The summed E-state index contributed by atoms with van der Waals surface area (Å²) in [5, 5.41) is 27.1. The van der Waals surface area contributed by atoms with Crippen LogP contribution in [0.15, 0.2) is 42.6 Å². The van der Waals surface area contributed by atoms with E-state index in [2.05, 4.69) is 118 Å². The van der Waals surface area contributed by atoms with Crippen LogP contribution in [-0.4, -0.2) is 92.6 Å². The summed E-state index contributed by atoms with van der Waals surface area (Å²) in [4.78, 5) is 25.7. The SMILES string of the molecule is CC(C)C[C@@H](CN(C)C)N(Cc1cccc(CN2O[C@@H](CO)[C@]3(CC3(C)O)[C@H]2C(=O)N[C@H]2C[C@H]3C[C@@H]([C@@H]2C)C3(C)C)c1)Cc1cccn1C. The molecule has 7 rings (SSSR count). The third-order valence-corrected chi connectivity index (χ3v) is 13.2. The Balaban J connectivity index is 1.23. The number of carbonyl (C=O) groups is 1. The quantitative estimate of drug-likeness (QED) is 0.265. The van der Waals surface area contributed by atoms with Crippen molar-refractivity contribution in [2.75, 3.05) is 27.2 Å². The zero-order chi connectivity index (χ0) is 35.5. The second kappa shape index (κ2) is 13.7. The number of aromatic nitrogens is 1. The molecule has 4 aliphatic carbocycles. The minimum atomic E-state index is -1.09. The van der Waals surface area contributed by atoms with Crippen molar-refractivity contribution in [3.8, 4) is 0 Å². The number of nitrogens with zero attached hydrogens (tertiary/aromatic N) is 4. The largest absolute Gasteiger partial charge is 0.394 e. The van der Waals surface area contributed by atoms with Gasteiger partial charge in [0, 0.05) is 50.7 Å². The maximum atomic E-state index is 14.4. The predicted molar refractivity (Wildman–Crippen MR) is 193 cm³/mol. The molecule has 1 saturated heterocycles. The maximum absolute atomic E-state index is 14.4. The molecule has 5 fully saturated rings. The number of aryl methyl sites for hydroxylation is 1. The molecule has 9 atom stereocenters. The van der Waals surface area contributed by atoms with Crippen molar-refractivity contribution in [3.63, 3.8) is 0 Å². The van der Waals surface area contributed by atoms with Crippen molar-refractivity contribution in [2.45, 2.75) is 117 Å². The summed E-state index contributed by atoms with van der Waals surface area (Å²) in [5.74, 6) is 2.11. The van der Waals surface area contributed by atoms with E-state index in [0.29, 0.717) is 48.1 Å². The molecule has 9 heteroatoms. The van der Waals surface area contributed by atoms with E-state index < -0.39 is 23.2 Å². The molecule has 3 N–H and O–H groups in total. The summed E-state index contributed by atoms with van der Waals surface area (Å²) in [7, 11) is 6.42. The number of nitrogens with one attached hydrogen (secondary N) is 1. The lowest BCUT2D eigenvalue weighted by Gasteiger charge is -2.62. The minimum Gasteiger partial charge on any atom is -0.394 e. The van der Waals surface area contributed by atoms with E-state index in [1.165, 1.54) is 17.7 Å². The van der Waals surface area contributed by atoms with Crippen molar-refractivity contribution < 1.29 is 19.8 Å². The highest BCUT2D eigenvalue weighted by Gasteiger charge is 2.78. The van der Waals surface area contributed by atoms with Crippen LogP contribution in [0.5, 0.6) is 0 Å². The normalized spacial score (nSPS) is 34.2. The first-order chi connectivity index (χ1) is 23.1. The lowest BCUT2D eigenvalue weighted by atomic mass is 9.45. The van der Waals surface area contributed by atoms with Gasteiger partial charge in [0.1, 0.15) is 12.1 Å². The highest BCUT2D eigenvalue weighted by molar-refractivity contribution is 5.84. The van der Waals surface area contributed by atoms with E-state index in [4.69, 9.17) is 4.84 Å². The molecule has 2 heterocycles. The number of hydroxylamine groups is 2. The smallest absolute Gasteiger partial charge is 0.240 e. The predicted octanol–water partition coefficient (Wildman–Crippen LogP) is 4.81. The summed E-state index contributed by atoms with van der Waals surface area (Å²) in [6, 6.07) is 12.8. The van der Waals surface area contributed by atoms with Crippen LogP contribution in [0.4, 0.5) is 0 Å². The van der Waals surface area contributed by atoms with Crippen molar-refractivity contribution in [3.05, 3.63) is 59.4 Å². The molecule has 5 aliphatic rings. The molecule has 49 heavy (non-hydrogen) atoms. The Morgan fingerprint density at radius 1 is 1.10 bits per heavy atom. The number of fused-ring (bicyclic) bond motifs is 2. The van der Waals surface area contributed by atoms with Gasteiger partial charge in [-0.1, -0.05) is 58.9 Å². The van der Waals surface area contributed by atoms with Crippen LogP contribution in [0.1, 0.15) is 84.0 Å². The highest BCUT2D eigenvalue weighted by Crippen LogP contribution is 2.66. The first kappa shape index (κ1) is 36.5. The van der Waals surface area contributed by atoms with Gasteiger partial charge in [-0.3, -0.25) is 14.5 Å². The van der Waals surface area contributed by atoms with Gasteiger partial charge in [-0.15, -0.1) is 0 Å². The Kier molecular flexibility index (Phi) is 10.2. The van der Waals surface area contributed by atoms with E-state index in [9.17, 15) is 15.0 Å². The molecule has 1 amide bonds.